The second kappa shape index (κ2) is 7.20. The van der Waals surface area contributed by atoms with Gasteiger partial charge in [-0.15, -0.1) is 0 Å². The minimum absolute atomic E-state index is 0.0363. The lowest BCUT2D eigenvalue weighted by atomic mass is 9.79. The normalized spacial score (nSPS) is 24.0. The molecule has 2 rings (SSSR count). The molecule has 1 aliphatic rings. The molecule has 0 saturated carbocycles. The zero-order chi connectivity index (χ0) is 17.2. The van der Waals surface area contributed by atoms with Crippen molar-refractivity contribution < 1.29 is 4.79 Å². The molecule has 0 aliphatic carbocycles. The van der Waals surface area contributed by atoms with Gasteiger partial charge in [-0.2, -0.15) is 0 Å². The van der Waals surface area contributed by atoms with Crippen LogP contribution in [-0.2, 0) is 4.79 Å². The molecule has 1 saturated heterocycles. The highest BCUT2D eigenvalue weighted by molar-refractivity contribution is 6.30. The van der Waals surface area contributed by atoms with Crippen LogP contribution < -0.4 is 11.1 Å². The molecular weight excluding hydrogens is 310 g/mol. The topological polar surface area (TPSA) is 58.4 Å². The van der Waals surface area contributed by atoms with E-state index in [1.54, 1.807) is 0 Å². The number of carbonyl (C=O) groups excluding carboxylic acids is 1. The van der Waals surface area contributed by atoms with Crippen LogP contribution in [0.3, 0.4) is 0 Å². The number of carbonyl (C=O) groups is 1. The average molecular weight is 338 g/mol. The van der Waals surface area contributed by atoms with E-state index in [1.807, 2.05) is 38.1 Å². The summed E-state index contributed by atoms with van der Waals surface area (Å²) in [6.07, 6.45) is 0.928. The van der Waals surface area contributed by atoms with Crippen molar-refractivity contribution in [2.24, 2.45) is 11.1 Å². The van der Waals surface area contributed by atoms with Crippen LogP contribution in [0.4, 0.5) is 0 Å². The Bertz CT molecular complexity index is 544. The first-order valence-electron chi connectivity index (χ1n) is 8.26. The van der Waals surface area contributed by atoms with E-state index in [2.05, 4.69) is 24.1 Å². The highest BCUT2D eigenvalue weighted by atomic mass is 35.5. The van der Waals surface area contributed by atoms with Gasteiger partial charge in [-0.25, -0.2) is 0 Å². The van der Waals surface area contributed by atoms with Crippen LogP contribution in [0.15, 0.2) is 24.3 Å². The van der Waals surface area contributed by atoms with Crippen molar-refractivity contribution in [2.45, 2.75) is 52.2 Å². The van der Waals surface area contributed by atoms with Gasteiger partial charge in [0.2, 0.25) is 5.91 Å². The fraction of sp³-hybridized carbons (Fsp3) is 0.611. The summed E-state index contributed by atoms with van der Waals surface area (Å²) in [6, 6.07) is 7.58. The van der Waals surface area contributed by atoms with Gasteiger partial charge in [0, 0.05) is 24.2 Å². The van der Waals surface area contributed by atoms with Crippen LogP contribution in [0.5, 0.6) is 0 Å². The van der Waals surface area contributed by atoms with Crippen LogP contribution in [0.2, 0.25) is 5.02 Å². The molecule has 3 N–H and O–H groups in total. The van der Waals surface area contributed by atoms with Gasteiger partial charge in [0.15, 0.2) is 0 Å². The molecule has 1 aromatic carbocycles. The number of benzene rings is 1. The molecule has 0 spiro atoms. The van der Waals surface area contributed by atoms with E-state index in [4.69, 9.17) is 17.3 Å². The number of likely N-dealkylation sites (tertiary alicyclic amines) is 1. The number of rotatable bonds is 4. The van der Waals surface area contributed by atoms with Gasteiger partial charge in [0.05, 0.1) is 12.1 Å². The number of hydrogen-bond acceptors (Lipinski definition) is 3. The lowest BCUT2D eigenvalue weighted by molar-refractivity contribution is -0.127. The molecule has 1 aromatic rings. The van der Waals surface area contributed by atoms with Crippen LogP contribution in [-0.4, -0.2) is 36.0 Å². The third-order valence-electron chi connectivity index (χ3n) is 5.00. The van der Waals surface area contributed by atoms with Crippen molar-refractivity contribution in [1.29, 1.82) is 0 Å². The number of piperidine rings is 1. The van der Waals surface area contributed by atoms with Crippen LogP contribution in [0.1, 0.15) is 45.7 Å². The van der Waals surface area contributed by atoms with Crippen LogP contribution in [0, 0.1) is 5.41 Å². The maximum Gasteiger partial charge on any atom is 0.237 e. The number of amides is 1. The highest BCUT2D eigenvalue weighted by Crippen LogP contribution is 2.29. The lowest BCUT2D eigenvalue weighted by Gasteiger charge is -2.44. The Hall–Kier alpha value is -1.10. The predicted octanol–water partition coefficient (Wildman–Crippen LogP) is 2.96. The first-order valence-corrected chi connectivity index (χ1v) is 8.64. The van der Waals surface area contributed by atoms with Gasteiger partial charge in [0.25, 0.3) is 0 Å². The molecule has 128 valence electrons. The Kier molecular flexibility index (Phi) is 5.71. The van der Waals surface area contributed by atoms with Crippen LogP contribution >= 0.6 is 11.6 Å². The van der Waals surface area contributed by atoms with Gasteiger partial charge >= 0.3 is 0 Å². The summed E-state index contributed by atoms with van der Waals surface area (Å²) in [5.41, 5.74) is 7.27. The second-order valence-corrected chi connectivity index (χ2v) is 7.75. The molecule has 1 heterocycles. The van der Waals surface area contributed by atoms with E-state index < -0.39 is 0 Å². The first kappa shape index (κ1) is 18.2. The molecule has 1 amide bonds. The van der Waals surface area contributed by atoms with Crippen LogP contribution in [0.25, 0.3) is 0 Å². The number of halogens is 1. The lowest BCUT2D eigenvalue weighted by Crippen LogP contribution is -2.57. The smallest absolute Gasteiger partial charge is 0.237 e. The third kappa shape index (κ3) is 4.46. The van der Waals surface area contributed by atoms with Gasteiger partial charge in [-0.1, -0.05) is 37.6 Å². The van der Waals surface area contributed by atoms with Crippen molar-refractivity contribution in [3.63, 3.8) is 0 Å². The van der Waals surface area contributed by atoms with E-state index in [0.29, 0.717) is 5.02 Å². The van der Waals surface area contributed by atoms with Crippen molar-refractivity contribution in [3.05, 3.63) is 34.9 Å². The molecule has 0 radical (unpaired) electrons. The van der Waals surface area contributed by atoms with Gasteiger partial charge in [-0.3, -0.25) is 9.69 Å². The Morgan fingerprint density at radius 2 is 1.96 bits per heavy atom. The monoisotopic (exact) mass is 337 g/mol. The Morgan fingerprint density at radius 1 is 1.35 bits per heavy atom. The molecule has 5 heteroatoms. The standard InChI is InChI=1S/C18H28ClN3O/c1-12(14-5-7-15(19)8-6-14)21-17(23)13(2)22-10-9-16(20)18(3,4)11-22/h5-8,12-13,16H,9-11,20H2,1-4H3,(H,21,23). The molecule has 1 fully saturated rings. The molecule has 4 nitrogen and oxygen atoms in total. The molecule has 3 unspecified atom stereocenters. The maximum absolute atomic E-state index is 12.6. The van der Waals surface area contributed by atoms with Gasteiger partial charge < -0.3 is 11.1 Å². The fourth-order valence-corrected chi connectivity index (χ4v) is 3.21. The number of nitrogens with two attached hydrogens (primary N) is 1. The summed E-state index contributed by atoms with van der Waals surface area (Å²) in [6.45, 7) is 10.0. The van der Waals surface area contributed by atoms with Crippen molar-refractivity contribution in [2.75, 3.05) is 13.1 Å². The van der Waals surface area contributed by atoms with Crippen molar-refractivity contribution >= 4 is 17.5 Å². The number of nitrogens with zero attached hydrogens (tertiary/aromatic N) is 1. The summed E-state index contributed by atoms with van der Waals surface area (Å²) >= 11 is 5.91. The Labute approximate surface area is 144 Å². The van der Waals surface area contributed by atoms with Crippen molar-refractivity contribution in [3.8, 4) is 0 Å². The summed E-state index contributed by atoms with van der Waals surface area (Å²) in [7, 11) is 0. The molecule has 3 atom stereocenters. The summed E-state index contributed by atoms with van der Waals surface area (Å²) in [5, 5.41) is 3.80. The first-order chi connectivity index (χ1) is 10.7. The number of nitrogens with one attached hydrogen (secondary N) is 1. The number of hydrogen-bond donors (Lipinski definition) is 2. The highest BCUT2D eigenvalue weighted by Gasteiger charge is 2.36. The summed E-state index contributed by atoms with van der Waals surface area (Å²) in [4.78, 5) is 14.8. The minimum atomic E-state index is -0.156. The molecular formula is C18H28ClN3O. The van der Waals surface area contributed by atoms with E-state index in [-0.39, 0.29) is 29.4 Å². The molecule has 23 heavy (non-hydrogen) atoms. The Balaban J connectivity index is 1.96. The molecule has 1 aliphatic heterocycles. The second-order valence-electron chi connectivity index (χ2n) is 7.31. The fourth-order valence-electron chi connectivity index (χ4n) is 3.08. The minimum Gasteiger partial charge on any atom is -0.348 e. The van der Waals surface area contributed by atoms with E-state index >= 15 is 0 Å². The van der Waals surface area contributed by atoms with Gasteiger partial charge in [-0.05, 0) is 43.4 Å². The average Bonchev–Trinajstić information content (AvgIpc) is 2.49. The zero-order valence-corrected chi connectivity index (χ0v) is 15.2. The van der Waals surface area contributed by atoms with Crippen molar-refractivity contribution in [1.82, 2.24) is 10.2 Å². The maximum atomic E-state index is 12.6. The van der Waals surface area contributed by atoms with Gasteiger partial charge in [0.1, 0.15) is 0 Å². The van der Waals surface area contributed by atoms with E-state index in [0.717, 1.165) is 25.1 Å². The third-order valence-corrected chi connectivity index (χ3v) is 5.25. The molecule has 0 aromatic heterocycles. The zero-order valence-electron chi connectivity index (χ0n) is 14.5. The quantitative estimate of drug-likeness (QED) is 0.888. The largest absolute Gasteiger partial charge is 0.348 e. The van der Waals surface area contributed by atoms with E-state index in [9.17, 15) is 4.79 Å². The summed E-state index contributed by atoms with van der Waals surface area (Å²) < 4.78 is 0. The SMILES string of the molecule is CC(NC(=O)C(C)N1CCC(N)C(C)(C)C1)c1ccc(Cl)cc1. The van der Waals surface area contributed by atoms with E-state index in [1.165, 1.54) is 0 Å². The predicted molar refractivity (Wildman–Crippen MR) is 95.4 cm³/mol. The Morgan fingerprint density at radius 3 is 2.52 bits per heavy atom. The summed E-state index contributed by atoms with van der Waals surface area (Å²) in [5.74, 6) is 0.0544. The molecule has 0 bridgehead atoms.